The predicted octanol–water partition coefficient (Wildman–Crippen LogP) is 4.56. The van der Waals surface area contributed by atoms with Crippen molar-refractivity contribution in [1.29, 1.82) is 0 Å². The second kappa shape index (κ2) is 7.19. The van der Waals surface area contributed by atoms with Crippen LogP contribution < -0.4 is 5.32 Å². The molecule has 1 heterocycles. The first-order valence-corrected chi connectivity index (χ1v) is 8.90. The number of benzene rings is 1. The third-order valence-corrected chi connectivity index (χ3v) is 5.56. The Labute approximate surface area is 131 Å². The van der Waals surface area contributed by atoms with Gasteiger partial charge < -0.3 is 5.32 Å². The van der Waals surface area contributed by atoms with E-state index >= 15 is 0 Å². The summed E-state index contributed by atoms with van der Waals surface area (Å²) in [6.07, 6.45) is 7.23. The van der Waals surface area contributed by atoms with Crippen LogP contribution in [-0.4, -0.2) is 17.6 Å². The standard InChI is InChI=1S/C18H24N2S/c1-14(18-19-11-12-21-18)13-20-17-10-6-5-9-16(17)15-7-3-2-4-8-15/h2-4,7-8,11-12,14,16-17,20H,5-6,9-10,13H2,1H3. The Kier molecular flexibility index (Phi) is 5.04. The summed E-state index contributed by atoms with van der Waals surface area (Å²) in [5.74, 6) is 1.17. The van der Waals surface area contributed by atoms with Crippen LogP contribution in [0.4, 0.5) is 0 Å². The fraction of sp³-hybridized carbons (Fsp3) is 0.500. The van der Waals surface area contributed by atoms with E-state index in [1.807, 2.05) is 6.20 Å². The second-order valence-corrected chi connectivity index (χ2v) is 7.01. The van der Waals surface area contributed by atoms with Gasteiger partial charge in [0, 0.05) is 30.1 Å². The van der Waals surface area contributed by atoms with Gasteiger partial charge in [0.15, 0.2) is 0 Å². The summed E-state index contributed by atoms with van der Waals surface area (Å²) in [6, 6.07) is 11.6. The predicted molar refractivity (Wildman–Crippen MR) is 90.0 cm³/mol. The van der Waals surface area contributed by atoms with E-state index in [0.29, 0.717) is 17.9 Å². The summed E-state index contributed by atoms with van der Waals surface area (Å²) in [4.78, 5) is 4.44. The highest BCUT2D eigenvalue weighted by Gasteiger charge is 2.26. The minimum atomic E-state index is 0.503. The molecule has 21 heavy (non-hydrogen) atoms. The minimum Gasteiger partial charge on any atom is -0.313 e. The SMILES string of the molecule is CC(CNC1CCCCC1c1ccccc1)c1nccs1. The van der Waals surface area contributed by atoms with Crippen LogP contribution in [0, 0.1) is 0 Å². The van der Waals surface area contributed by atoms with Gasteiger partial charge in [0.05, 0.1) is 5.01 Å². The van der Waals surface area contributed by atoms with E-state index in [9.17, 15) is 0 Å². The Morgan fingerprint density at radius 2 is 2.05 bits per heavy atom. The molecule has 1 fully saturated rings. The van der Waals surface area contributed by atoms with Crippen molar-refractivity contribution in [1.82, 2.24) is 10.3 Å². The first-order chi connectivity index (χ1) is 10.3. The number of nitrogens with one attached hydrogen (secondary N) is 1. The van der Waals surface area contributed by atoms with Crippen LogP contribution >= 0.6 is 11.3 Å². The van der Waals surface area contributed by atoms with Crippen LogP contribution in [0.15, 0.2) is 41.9 Å². The number of thiazole rings is 1. The van der Waals surface area contributed by atoms with Crippen molar-refractivity contribution in [3.05, 3.63) is 52.5 Å². The molecule has 3 unspecified atom stereocenters. The molecule has 1 aromatic heterocycles. The van der Waals surface area contributed by atoms with Crippen LogP contribution in [0.1, 0.15) is 55.0 Å². The lowest BCUT2D eigenvalue weighted by Gasteiger charge is -2.33. The van der Waals surface area contributed by atoms with E-state index in [4.69, 9.17) is 0 Å². The smallest absolute Gasteiger partial charge is 0.0965 e. The van der Waals surface area contributed by atoms with Crippen molar-refractivity contribution < 1.29 is 0 Å². The van der Waals surface area contributed by atoms with E-state index in [0.717, 1.165) is 6.54 Å². The molecule has 1 aromatic carbocycles. The lowest BCUT2D eigenvalue weighted by molar-refractivity contribution is 0.323. The van der Waals surface area contributed by atoms with Gasteiger partial charge in [-0.15, -0.1) is 11.3 Å². The first-order valence-electron chi connectivity index (χ1n) is 8.02. The Balaban J connectivity index is 1.62. The zero-order valence-corrected chi connectivity index (χ0v) is 13.5. The molecule has 3 rings (SSSR count). The van der Waals surface area contributed by atoms with E-state index in [-0.39, 0.29) is 0 Å². The lowest BCUT2D eigenvalue weighted by atomic mass is 9.80. The van der Waals surface area contributed by atoms with Gasteiger partial charge in [0.1, 0.15) is 0 Å². The van der Waals surface area contributed by atoms with Crippen LogP contribution in [0.3, 0.4) is 0 Å². The normalized spacial score (nSPS) is 23.9. The van der Waals surface area contributed by atoms with Gasteiger partial charge >= 0.3 is 0 Å². The van der Waals surface area contributed by atoms with Crippen molar-refractivity contribution in [3.63, 3.8) is 0 Å². The average molecular weight is 300 g/mol. The van der Waals surface area contributed by atoms with Gasteiger partial charge in [-0.3, -0.25) is 0 Å². The third-order valence-electron chi connectivity index (χ3n) is 4.55. The first kappa shape index (κ1) is 14.7. The van der Waals surface area contributed by atoms with Gasteiger partial charge in [0.2, 0.25) is 0 Å². The van der Waals surface area contributed by atoms with E-state index in [1.54, 1.807) is 11.3 Å². The molecule has 1 saturated carbocycles. The molecule has 1 aliphatic rings. The molecule has 2 aromatic rings. The molecular weight excluding hydrogens is 276 g/mol. The Bertz CT molecular complexity index is 523. The zero-order chi connectivity index (χ0) is 14.5. The fourth-order valence-corrected chi connectivity index (χ4v) is 4.07. The second-order valence-electron chi connectivity index (χ2n) is 6.09. The number of hydrogen-bond acceptors (Lipinski definition) is 3. The minimum absolute atomic E-state index is 0.503. The summed E-state index contributed by atoms with van der Waals surface area (Å²) in [5, 5.41) is 7.14. The molecule has 0 spiro atoms. The van der Waals surface area contributed by atoms with Gasteiger partial charge in [-0.2, -0.15) is 0 Å². The Morgan fingerprint density at radius 3 is 2.81 bits per heavy atom. The molecule has 3 atom stereocenters. The number of rotatable bonds is 5. The van der Waals surface area contributed by atoms with Crippen molar-refractivity contribution in [2.45, 2.75) is 50.5 Å². The molecule has 0 amide bonds. The van der Waals surface area contributed by atoms with Crippen LogP contribution in [0.2, 0.25) is 0 Å². The highest BCUT2D eigenvalue weighted by atomic mass is 32.1. The highest BCUT2D eigenvalue weighted by molar-refractivity contribution is 7.09. The molecule has 0 radical (unpaired) electrons. The van der Waals surface area contributed by atoms with Crippen LogP contribution in [0.25, 0.3) is 0 Å². The molecule has 3 heteroatoms. The quantitative estimate of drug-likeness (QED) is 0.875. The molecule has 0 bridgehead atoms. The highest BCUT2D eigenvalue weighted by Crippen LogP contribution is 2.33. The molecule has 112 valence electrons. The van der Waals surface area contributed by atoms with E-state index in [2.05, 4.69) is 52.9 Å². The molecule has 0 aliphatic heterocycles. The summed E-state index contributed by atoms with van der Waals surface area (Å²) in [7, 11) is 0. The molecule has 1 aliphatic carbocycles. The topological polar surface area (TPSA) is 24.9 Å². The van der Waals surface area contributed by atoms with Gasteiger partial charge in [-0.05, 0) is 24.3 Å². The summed E-state index contributed by atoms with van der Waals surface area (Å²) < 4.78 is 0. The molecule has 2 nitrogen and oxygen atoms in total. The average Bonchev–Trinajstić information content (AvgIpc) is 3.08. The summed E-state index contributed by atoms with van der Waals surface area (Å²) >= 11 is 1.76. The van der Waals surface area contributed by atoms with Crippen molar-refractivity contribution in [3.8, 4) is 0 Å². The monoisotopic (exact) mass is 300 g/mol. The molecule has 0 saturated heterocycles. The van der Waals surface area contributed by atoms with Crippen molar-refractivity contribution in [2.24, 2.45) is 0 Å². The lowest BCUT2D eigenvalue weighted by Crippen LogP contribution is -2.39. The summed E-state index contributed by atoms with van der Waals surface area (Å²) in [5.41, 5.74) is 1.50. The van der Waals surface area contributed by atoms with Crippen LogP contribution in [0.5, 0.6) is 0 Å². The van der Waals surface area contributed by atoms with Gasteiger partial charge in [-0.25, -0.2) is 4.98 Å². The largest absolute Gasteiger partial charge is 0.313 e. The third kappa shape index (κ3) is 3.72. The number of nitrogens with zero attached hydrogens (tertiary/aromatic N) is 1. The van der Waals surface area contributed by atoms with E-state index < -0.39 is 0 Å². The maximum Gasteiger partial charge on any atom is 0.0965 e. The molecular formula is C18H24N2S. The van der Waals surface area contributed by atoms with Gasteiger partial charge in [0.25, 0.3) is 0 Å². The fourth-order valence-electron chi connectivity index (χ4n) is 3.37. The summed E-state index contributed by atoms with van der Waals surface area (Å²) in [6.45, 7) is 3.30. The number of aromatic nitrogens is 1. The van der Waals surface area contributed by atoms with Crippen molar-refractivity contribution in [2.75, 3.05) is 6.54 Å². The molecule has 1 N–H and O–H groups in total. The zero-order valence-electron chi connectivity index (χ0n) is 12.7. The maximum atomic E-state index is 4.44. The van der Waals surface area contributed by atoms with Crippen molar-refractivity contribution >= 4 is 11.3 Å². The van der Waals surface area contributed by atoms with E-state index in [1.165, 1.54) is 36.3 Å². The van der Waals surface area contributed by atoms with Crippen LogP contribution in [-0.2, 0) is 0 Å². The Morgan fingerprint density at radius 1 is 1.24 bits per heavy atom. The Hall–Kier alpha value is -1.19. The maximum absolute atomic E-state index is 4.44. The van der Waals surface area contributed by atoms with Gasteiger partial charge in [-0.1, -0.05) is 50.1 Å². The number of hydrogen-bond donors (Lipinski definition) is 1.